The van der Waals surface area contributed by atoms with Gasteiger partial charge in [0.1, 0.15) is 10.6 Å². The predicted molar refractivity (Wildman–Crippen MR) is 92.0 cm³/mol. The molecule has 0 radical (unpaired) electrons. The average molecular weight is 378 g/mol. The monoisotopic (exact) mass is 377 g/mol. The molecule has 118 valence electrons. The molecule has 0 aliphatic rings. The molecule has 0 aliphatic carbocycles. The van der Waals surface area contributed by atoms with Crippen molar-refractivity contribution in [3.05, 3.63) is 46.4 Å². The molecular formula is C14H13Cl2NO3S2. The number of rotatable bonds is 5. The van der Waals surface area contributed by atoms with Gasteiger partial charge in [-0.1, -0.05) is 23.2 Å². The highest BCUT2D eigenvalue weighted by molar-refractivity contribution is 7.99. The lowest BCUT2D eigenvalue weighted by Crippen LogP contribution is -2.14. The Morgan fingerprint density at radius 2 is 1.86 bits per heavy atom. The molecule has 2 rings (SSSR count). The van der Waals surface area contributed by atoms with Crippen molar-refractivity contribution in [2.24, 2.45) is 0 Å². The van der Waals surface area contributed by atoms with E-state index in [-0.39, 0.29) is 4.90 Å². The van der Waals surface area contributed by atoms with Crippen molar-refractivity contribution in [3.8, 4) is 5.75 Å². The van der Waals surface area contributed by atoms with E-state index in [1.54, 1.807) is 30.5 Å². The highest BCUT2D eigenvalue weighted by Gasteiger charge is 2.19. The zero-order valence-electron chi connectivity index (χ0n) is 11.8. The molecule has 2 aromatic rings. The van der Waals surface area contributed by atoms with Gasteiger partial charge >= 0.3 is 0 Å². The second kappa shape index (κ2) is 7.00. The first-order valence-electron chi connectivity index (χ1n) is 6.07. The maximum atomic E-state index is 12.5. The molecule has 0 heterocycles. The van der Waals surface area contributed by atoms with Crippen LogP contribution in [0.4, 0.5) is 5.69 Å². The molecular weight excluding hydrogens is 365 g/mol. The van der Waals surface area contributed by atoms with E-state index >= 15 is 0 Å². The van der Waals surface area contributed by atoms with Gasteiger partial charge in [-0.15, -0.1) is 11.8 Å². The summed E-state index contributed by atoms with van der Waals surface area (Å²) >= 11 is 13.2. The number of benzene rings is 2. The van der Waals surface area contributed by atoms with E-state index in [1.807, 2.05) is 0 Å². The minimum absolute atomic E-state index is 0.124. The van der Waals surface area contributed by atoms with Crippen LogP contribution >= 0.6 is 35.0 Å². The van der Waals surface area contributed by atoms with Crippen LogP contribution in [0.15, 0.2) is 46.2 Å². The van der Waals surface area contributed by atoms with Crippen LogP contribution in [0.5, 0.6) is 5.75 Å². The summed E-state index contributed by atoms with van der Waals surface area (Å²) in [6.45, 7) is 0. The predicted octanol–water partition coefficient (Wildman–Crippen LogP) is 4.52. The molecule has 0 aliphatic heterocycles. The van der Waals surface area contributed by atoms with E-state index < -0.39 is 10.0 Å². The molecule has 2 aromatic carbocycles. The van der Waals surface area contributed by atoms with E-state index in [0.717, 1.165) is 0 Å². The Bertz CT molecular complexity index is 795. The molecule has 0 fully saturated rings. The number of halogens is 2. The minimum atomic E-state index is -3.77. The van der Waals surface area contributed by atoms with Crippen molar-refractivity contribution >= 4 is 50.7 Å². The molecule has 0 saturated carbocycles. The van der Waals surface area contributed by atoms with Crippen molar-refractivity contribution in [1.29, 1.82) is 0 Å². The van der Waals surface area contributed by atoms with Gasteiger partial charge in [0.25, 0.3) is 10.0 Å². The third-order valence-electron chi connectivity index (χ3n) is 2.82. The quantitative estimate of drug-likeness (QED) is 0.777. The van der Waals surface area contributed by atoms with Crippen LogP contribution in [0.25, 0.3) is 0 Å². The van der Waals surface area contributed by atoms with Crippen molar-refractivity contribution < 1.29 is 13.2 Å². The molecule has 0 unspecified atom stereocenters. The van der Waals surface area contributed by atoms with Crippen LogP contribution in [0.3, 0.4) is 0 Å². The Kier molecular flexibility index (Phi) is 5.50. The number of sulfonamides is 1. The van der Waals surface area contributed by atoms with Crippen molar-refractivity contribution in [2.45, 2.75) is 9.79 Å². The van der Waals surface area contributed by atoms with Crippen LogP contribution in [0.1, 0.15) is 0 Å². The van der Waals surface area contributed by atoms with Crippen molar-refractivity contribution in [3.63, 3.8) is 0 Å². The third kappa shape index (κ3) is 3.81. The molecule has 0 bridgehead atoms. The molecule has 0 saturated heterocycles. The van der Waals surface area contributed by atoms with E-state index in [2.05, 4.69) is 4.72 Å². The molecule has 1 N–H and O–H groups in total. The Morgan fingerprint density at radius 1 is 1.14 bits per heavy atom. The Hall–Kier alpha value is -1.08. The topological polar surface area (TPSA) is 55.4 Å². The lowest BCUT2D eigenvalue weighted by molar-refractivity contribution is 0.415. The smallest absolute Gasteiger partial charge is 0.263 e. The summed E-state index contributed by atoms with van der Waals surface area (Å²) < 4.78 is 32.6. The van der Waals surface area contributed by atoms with Crippen LogP contribution < -0.4 is 9.46 Å². The summed E-state index contributed by atoms with van der Waals surface area (Å²) in [7, 11) is -2.28. The molecule has 8 heteroatoms. The summed E-state index contributed by atoms with van der Waals surface area (Å²) in [6, 6.07) is 9.39. The standard InChI is InChI=1S/C14H13Cl2NO3S2/c1-20-12-5-4-10(8-11(12)16)17-22(18,19)14-7-9(15)3-6-13(14)21-2/h3-8,17H,1-2H3. The van der Waals surface area contributed by atoms with E-state index in [4.69, 9.17) is 27.9 Å². The second-order valence-electron chi connectivity index (χ2n) is 4.25. The summed E-state index contributed by atoms with van der Waals surface area (Å²) in [5.74, 6) is 0.470. The average Bonchev–Trinajstić information content (AvgIpc) is 2.47. The normalized spacial score (nSPS) is 11.3. The molecule has 4 nitrogen and oxygen atoms in total. The lowest BCUT2D eigenvalue weighted by Gasteiger charge is -2.12. The summed E-state index contributed by atoms with van der Waals surface area (Å²) in [6.07, 6.45) is 1.80. The second-order valence-corrected chi connectivity index (χ2v) is 7.59. The maximum Gasteiger partial charge on any atom is 0.263 e. The van der Waals surface area contributed by atoms with Crippen LogP contribution in [0.2, 0.25) is 10.0 Å². The fourth-order valence-corrected chi connectivity index (χ4v) is 4.50. The number of anilines is 1. The van der Waals surface area contributed by atoms with Gasteiger partial charge in [-0.3, -0.25) is 4.72 Å². The first-order chi connectivity index (χ1) is 10.4. The Labute approximate surface area is 143 Å². The number of hydrogen-bond acceptors (Lipinski definition) is 4. The fourth-order valence-electron chi connectivity index (χ4n) is 1.80. The van der Waals surface area contributed by atoms with Gasteiger partial charge in [-0.2, -0.15) is 0 Å². The van der Waals surface area contributed by atoms with Crippen LogP contribution in [-0.2, 0) is 10.0 Å². The van der Waals surface area contributed by atoms with Crippen molar-refractivity contribution in [2.75, 3.05) is 18.1 Å². The number of thioether (sulfide) groups is 1. The zero-order chi connectivity index (χ0) is 16.3. The Morgan fingerprint density at radius 3 is 2.45 bits per heavy atom. The molecule has 0 atom stereocenters. The number of methoxy groups -OCH3 is 1. The molecule has 0 spiro atoms. The van der Waals surface area contributed by atoms with Gasteiger partial charge < -0.3 is 4.74 Å². The summed E-state index contributed by atoms with van der Waals surface area (Å²) in [5, 5.41) is 0.671. The highest BCUT2D eigenvalue weighted by Crippen LogP contribution is 2.31. The van der Waals surface area contributed by atoms with E-state index in [9.17, 15) is 8.42 Å². The van der Waals surface area contributed by atoms with Crippen LogP contribution in [0, 0.1) is 0 Å². The largest absolute Gasteiger partial charge is 0.495 e. The lowest BCUT2D eigenvalue weighted by atomic mass is 10.3. The van der Waals surface area contributed by atoms with Gasteiger partial charge in [-0.05, 0) is 42.7 Å². The molecule has 22 heavy (non-hydrogen) atoms. The highest BCUT2D eigenvalue weighted by atomic mass is 35.5. The maximum absolute atomic E-state index is 12.5. The zero-order valence-corrected chi connectivity index (χ0v) is 14.9. The SMILES string of the molecule is COc1ccc(NS(=O)(=O)c2cc(Cl)ccc2SC)cc1Cl. The van der Waals surface area contributed by atoms with Crippen molar-refractivity contribution in [1.82, 2.24) is 0 Å². The van der Waals surface area contributed by atoms with E-state index in [0.29, 0.717) is 26.4 Å². The molecule has 0 amide bonds. The van der Waals surface area contributed by atoms with Crippen LogP contribution in [-0.4, -0.2) is 21.8 Å². The minimum Gasteiger partial charge on any atom is -0.495 e. The summed E-state index contributed by atoms with van der Waals surface area (Å²) in [4.78, 5) is 0.732. The first kappa shape index (κ1) is 17.3. The third-order valence-corrected chi connectivity index (χ3v) is 5.70. The number of nitrogens with one attached hydrogen (secondary N) is 1. The van der Waals surface area contributed by atoms with E-state index in [1.165, 1.54) is 31.0 Å². The fraction of sp³-hybridized carbons (Fsp3) is 0.143. The van der Waals surface area contributed by atoms with Gasteiger partial charge in [0.2, 0.25) is 0 Å². The first-order valence-corrected chi connectivity index (χ1v) is 9.53. The Balaban J connectivity index is 2.40. The number of ether oxygens (including phenoxy) is 1. The van der Waals surface area contributed by atoms with Gasteiger partial charge in [0, 0.05) is 9.92 Å². The van der Waals surface area contributed by atoms with Gasteiger partial charge in [0.05, 0.1) is 17.8 Å². The summed E-state index contributed by atoms with van der Waals surface area (Å²) in [5.41, 5.74) is 0.345. The number of hydrogen-bond donors (Lipinski definition) is 1. The van der Waals surface area contributed by atoms with Gasteiger partial charge in [0.15, 0.2) is 0 Å². The van der Waals surface area contributed by atoms with Gasteiger partial charge in [-0.25, -0.2) is 8.42 Å². The molecule has 0 aromatic heterocycles.